The SMILES string of the molecule is CC(C)c1nc2c([nH]1)C[C@H](C(=O)N1CCCO1)CC2. The van der Waals surface area contributed by atoms with Crippen LogP contribution in [0.25, 0.3) is 0 Å². The molecule has 1 aromatic heterocycles. The van der Waals surface area contributed by atoms with E-state index in [9.17, 15) is 4.79 Å². The first-order chi connectivity index (χ1) is 9.15. The number of hydrogen-bond donors (Lipinski definition) is 1. The molecule has 1 fully saturated rings. The van der Waals surface area contributed by atoms with Crippen LogP contribution in [0.15, 0.2) is 0 Å². The van der Waals surface area contributed by atoms with E-state index in [4.69, 9.17) is 4.84 Å². The Morgan fingerprint density at radius 2 is 2.37 bits per heavy atom. The van der Waals surface area contributed by atoms with Crippen LogP contribution in [0, 0.1) is 5.92 Å². The quantitative estimate of drug-likeness (QED) is 0.885. The van der Waals surface area contributed by atoms with E-state index in [0.717, 1.165) is 49.4 Å². The number of hydrogen-bond acceptors (Lipinski definition) is 3. The van der Waals surface area contributed by atoms with Crippen LogP contribution in [-0.4, -0.2) is 34.1 Å². The number of fused-ring (bicyclic) bond motifs is 1. The maximum absolute atomic E-state index is 12.3. The summed E-state index contributed by atoms with van der Waals surface area (Å²) in [6, 6.07) is 0. The Morgan fingerprint density at radius 3 is 3.05 bits per heavy atom. The molecule has 1 atom stereocenters. The second kappa shape index (κ2) is 4.96. The molecule has 1 saturated heterocycles. The van der Waals surface area contributed by atoms with E-state index >= 15 is 0 Å². The van der Waals surface area contributed by atoms with E-state index in [-0.39, 0.29) is 11.8 Å². The lowest BCUT2D eigenvalue weighted by Gasteiger charge is -2.24. The van der Waals surface area contributed by atoms with E-state index in [2.05, 4.69) is 23.8 Å². The molecule has 0 aromatic carbocycles. The van der Waals surface area contributed by atoms with Gasteiger partial charge in [0.2, 0.25) is 5.91 Å². The molecule has 0 bridgehead atoms. The van der Waals surface area contributed by atoms with Gasteiger partial charge in [-0.25, -0.2) is 10.0 Å². The zero-order valence-electron chi connectivity index (χ0n) is 11.6. The van der Waals surface area contributed by atoms with Gasteiger partial charge in [-0.3, -0.25) is 9.63 Å². The second-order valence-corrected chi connectivity index (χ2v) is 5.77. The van der Waals surface area contributed by atoms with Gasteiger partial charge >= 0.3 is 0 Å². The number of hydroxylamine groups is 2. The number of aryl methyl sites for hydroxylation is 1. The molecule has 1 aliphatic carbocycles. The van der Waals surface area contributed by atoms with Crippen LogP contribution < -0.4 is 0 Å². The van der Waals surface area contributed by atoms with Crippen molar-refractivity contribution in [1.82, 2.24) is 15.0 Å². The predicted molar refractivity (Wildman–Crippen MR) is 70.5 cm³/mol. The maximum Gasteiger partial charge on any atom is 0.249 e. The van der Waals surface area contributed by atoms with E-state index in [0.29, 0.717) is 12.5 Å². The molecule has 5 nitrogen and oxygen atoms in total. The maximum atomic E-state index is 12.3. The normalized spacial score (nSPS) is 22.9. The lowest BCUT2D eigenvalue weighted by molar-refractivity contribution is -0.173. The molecule has 3 rings (SSSR count). The highest BCUT2D eigenvalue weighted by Crippen LogP contribution is 2.27. The van der Waals surface area contributed by atoms with Crippen LogP contribution in [0.4, 0.5) is 0 Å². The van der Waals surface area contributed by atoms with Gasteiger partial charge in [0.1, 0.15) is 5.82 Å². The van der Waals surface area contributed by atoms with Gasteiger partial charge in [0.15, 0.2) is 0 Å². The summed E-state index contributed by atoms with van der Waals surface area (Å²) in [5.41, 5.74) is 2.29. The van der Waals surface area contributed by atoms with Crippen molar-refractivity contribution >= 4 is 5.91 Å². The molecule has 0 spiro atoms. The highest BCUT2D eigenvalue weighted by molar-refractivity contribution is 5.78. The summed E-state index contributed by atoms with van der Waals surface area (Å²) in [6.07, 6.45) is 3.50. The summed E-state index contributed by atoms with van der Waals surface area (Å²) < 4.78 is 0. The lowest BCUT2D eigenvalue weighted by Crippen LogP contribution is -2.35. The highest BCUT2D eigenvalue weighted by Gasteiger charge is 2.32. The number of rotatable bonds is 2. The Hall–Kier alpha value is -1.36. The van der Waals surface area contributed by atoms with E-state index < -0.39 is 0 Å². The Bertz CT molecular complexity index is 475. The summed E-state index contributed by atoms with van der Waals surface area (Å²) in [5.74, 6) is 1.63. The molecule has 104 valence electrons. The first kappa shape index (κ1) is 12.7. The number of carbonyl (C=O) groups excluding carboxylic acids is 1. The van der Waals surface area contributed by atoms with Crippen LogP contribution in [0.1, 0.15) is 49.8 Å². The van der Waals surface area contributed by atoms with E-state index in [1.165, 1.54) is 0 Å². The van der Waals surface area contributed by atoms with Gasteiger partial charge in [0.05, 0.1) is 18.8 Å². The van der Waals surface area contributed by atoms with Crippen LogP contribution in [0.2, 0.25) is 0 Å². The molecule has 19 heavy (non-hydrogen) atoms. The minimum atomic E-state index is 0.0473. The van der Waals surface area contributed by atoms with Crippen molar-refractivity contribution < 1.29 is 9.63 Å². The summed E-state index contributed by atoms with van der Waals surface area (Å²) in [6.45, 7) is 5.67. The monoisotopic (exact) mass is 263 g/mol. The number of amides is 1. The molecule has 0 saturated carbocycles. The Kier molecular flexibility index (Phi) is 3.31. The molecular formula is C14H21N3O2. The number of H-pyrrole nitrogens is 1. The summed E-state index contributed by atoms with van der Waals surface area (Å²) in [4.78, 5) is 25.7. The number of nitrogens with zero attached hydrogens (tertiary/aromatic N) is 2. The van der Waals surface area contributed by atoms with Gasteiger partial charge in [-0.15, -0.1) is 0 Å². The van der Waals surface area contributed by atoms with Crippen molar-refractivity contribution in [3.63, 3.8) is 0 Å². The van der Waals surface area contributed by atoms with Crippen molar-refractivity contribution in [3.05, 3.63) is 17.2 Å². The fraction of sp³-hybridized carbons (Fsp3) is 0.714. The third-order valence-electron chi connectivity index (χ3n) is 3.96. The number of imidazole rings is 1. The van der Waals surface area contributed by atoms with E-state index in [1.807, 2.05) is 0 Å². The van der Waals surface area contributed by atoms with Crippen molar-refractivity contribution in [2.24, 2.45) is 5.92 Å². The van der Waals surface area contributed by atoms with Crippen molar-refractivity contribution in [3.8, 4) is 0 Å². The lowest BCUT2D eigenvalue weighted by atomic mass is 9.89. The highest BCUT2D eigenvalue weighted by atomic mass is 16.7. The Morgan fingerprint density at radius 1 is 1.53 bits per heavy atom. The summed E-state index contributed by atoms with van der Waals surface area (Å²) in [5, 5.41) is 1.55. The van der Waals surface area contributed by atoms with Gasteiger partial charge in [-0.1, -0.05) is 13.8 Å². The Balaban J connectivity index is 1.72. The van der Waals surface area contributed by atoms with Crippen LogP contribution in [-0.2, 0) is 22.5 Å². The Labute approximate surface area is 113 Å². The standard InChI is InChI=1S/C14H21N3O2/c1-9(2)13-15-11-5-4-10(8-12(11)16-13)14(18)17-6-3-7-19-17/h9-10H,3-8H2,1-2H3,(H,15,16)/t10-/m1/s1. The summed E-state index contributed by atoms with van der Waals surface area (Å²) >= 11 is 0. The molecule has 0 radical (unpaired) electrons. The molecule has 1 N–H and O–H groups in total. The average molecular weight is 263 g/mol. The molecular weight excluding hydrogens is 242 g/mol. The topological polar surface area (TPSA) is 58.2 Å². The number of aromatic amines is 1. The van der Waals surface area contributed by atoms with Gasteiger partial charge in [-0.2, -0.15) is 0 Å². The number of aromatic nitrogens is 2. The van der Waals surface area contributed by atoms with E-state index in [1.54, 1.807) is 5.06 Å². The van der Waals surface area contributed by atoms with Gasteiger partial charge in [0, 0.05) is 24.0 Å². The molecule has 5 heteroatoms. The van der Waals surface area contributed by atoms with Crippen LogP contribution in [0.5, 0.6) is 0 Å². The zero-order valence-corrected chi connectivity index (χ0v) is 11.6. The third kappa shape index (κ3) is 2.39. The molecule has 1 aromatic rings. The predicted octanol–water partition coefficient (Wildman–Crippen LogP) is 1.80. The summed E-state index contributed by atoms with van der Waals surface area (Å²) in [7, 11) is 0. The second-order valence-electron chi connectivity index (χ2n) is 5.77. The van der Waals surface area contributed by atoms with Crippen molar-refractivity contribution in [2.45, 2.75) is 45.4 Å². The molecule has 1 amide bonds. The van der Waals surface area contributed by atoms with Gasteiger partial charge < -0.3 is 4.98 Å². The zero-order chi connectivity index (χ0) is 13.4. The fourth-order valence-electron chi connectivity index (χ4n) is 2.81. The number of nitrogens with one attached hydrogen (secondary N) is 1. The molecule has 2 heterocycles. The molecule has 0 unspecified atom stereocenters. The first-order valence-electron chi connectivity index (χ1n) is 7.17. The third-order valence-corrected chi connectivity index (χ3v) is 3.96. The van der Waals surface area contributed by atoms with Gasteiger partial charge in [-0.05, 0) is 19.3 Å². The smallest absolute Gasteiger partial charge is 0.249 e. The van der Waals surface area contributed by atoms with Crippen LogP contribution in [0.3, 0.4) is 0 Å². The largest absolute Gasteiger partial charge is 0.345 e. The average Bonchev–Trinajstić information content (AvgIpc) is 3.06. The molecule has 2 aliphatic rings. The van der Waals surface area contributed by atoms with Crippen LogP contribution >= 0.6 is 0 Å². The van der Waals surface area contributed by atoms with Crippen molar-refractivity contribution in [1.29, 1.82) is 0 Å². The first-order valence-corrected chi connectivity index (χ1v) is 7.17. The van der Waals surface area contributed by atoms with Crippen molar-refractivity contribution in [2.75, 3.05) is 13.2 Å². The minimum absolute atomic E-state index is 0.0473. The minimum Gasteiger partial charge on any atom is -0.345 e. The van der Waals surface area contributed by atoms with Gasteiger partial charge in [0.25, 0.3) is 0 Å². The number of carbonyl (C=O) groups is 1. The molecule has 1 aliphatic heterocycles. The fourth-order valence-corrected chi connectivity index (χ4v) is 2.81.